The highest BCUT2D eigenvalue weighted by molar-refractivity contribution is 7.64. The third kappa shape index (κ3) is 3.71. The van der Waals surface area contributed by atoms with Crippen LogP contribution in [0.3, 0.4) is 0 Å². The van der Waals surface area contributed by atoms with E-state index in [1.807, 2.05) is 0 Å². The maximum atomic E-state index is 10.0. The zero-order valence-electron chi connectivity index (χ0n) is 6.92. The van der Waals surface area contributed by atoms with Crippen molar-refractivity contribution in [2.45, 2.75) is 44.9 Å². The predicted molar refractivity (Wildman–Crippen MR) is 50.0 cm³/mol. The van der Waals surface area contributed by atoms with Crippen LogP contribution in [0.4, 0.5) is 0 Å². The molecule has 0 aromatic rings. The Hall–Kier alpha value is -0.110. The standard InChI is InChI=1S/C9H16OS/c10-11-8-4-7-9-5-2-1-3-6-9/h8-9H,1-7H2. The van der Waals surface area contributed by atoms with Gasteiger partial charge < -0.3 is 0 Å². The molecule has 1 nitrogen and oxygen atoms in total. The van der Waals surface area contributed by atoms with Gasteiger partial charge in [0.2, 0.25) is 0 Å². The van der Waals surface area contributed by atoms with Gasteiger partial charge >= 0.3 is 0 Å². The van der Waals surface area contributed by atoms with E-state index in [-0.39, 0.29) is 0 Å². The SMILES string of the molecule is O=S=CCCC1CCCCC1. The van der Waals surface area contributed by atoms with E-state index in [4.69, 9.17) is 0 Å². The molecule has 64 valence electrons. The Morgan fingerprint density at radius 3 is 2.64 bits per heavy atom. The van der Waals surface area contributed by atoms with Gasteiger partial charge in [-0.1, -0.05) is 32.1 Å². The first kappa shape index (κ1) is 8.98. The fraction of sp³-hybridized carbons (Fsp3) is 0.889. The summed E-state index contributed by atoms with van der Waals surface area (Å²) in [6.07, 6.45) is 9.31. The van der Waals surface area contributed by atoms with Crippen molar-refractivity contribution < 1.29 is 4.21 Å². The third-order valence-electron chi connectivity index (χ3n) is 2.49. The zero-order valence-corrected chi connectivity index (χ0v) is 7.74. The Morgan fingerprint density at radius 2 is 2.00 bits per heavy atom. The van der Waals surface area contributed by atoms with E-state index >= 15 is 0 Å². The van der Waals surface area contributed by atoms with E-state index in [1.165, 1.54) is 38.5 Å². The predicted octanol–water partition coefficient (Wildman–Crippen LogP) is 2.36. The molecule has 0 radical (unpaired) electrons. The maximum Gasteiger partial charge on any atom is 0.0841 e. The van der Waals surface area contributed by atoms with Gasteiger partial charge in [-0.25, -0.2) is 4.21 Å². The van der Waals surface area contributed by atoms with Crippen LogP contribution in [0.5, 0.6) is 0 Å². The van der Waals surface area contributed by atoms with Gasteiger partial charge in [0.1, 0.15) is 0 Å². The summed E-state index contributed by atoms with van der Waals surface area (Å²) in [5, 5.41) is 1.79. The first-order valence-electron chi connectivity index (χ1n) is 4.54. The minimum atomic E-state index is 0.615. The molecule has 0 unspecified atom stereocenters. The van der Waals surface area contributed by atoms with Crippen LogP contribution in [0, 0.1) is 5.92 Å². The van der Waals surface area contributed by atoms with Gasteiger partial charge in [-0.2, -0.15) is 0 Å². The summed E-state index contributed by atoms with van der Waals surface area (Å²) in [6.45, 7) is 0. The normalized spacial score (nSPS) is 19.6. The van der Waals surface area contributed by atoms with Gasteiger partial charge in [0.05, 0.1) is 11.3 Å². The van der Waals surface area contributed by atoms with Crippen molar-refractivity contribution in [1.29, 1.82) is 0 Å². The van der Waals surface area contributed by atoms with Crippen molar-refractivity contribution in [2.24, 2.45) is 5.92 Å². The van der Waals surface area contributed by atoms with E-state index in [0.717, 1.165) is 12.3 Å². The molecule has 0 bridgehead atoms. The summed E-state index contributed by atoms with van der Waals surface area (Å²) >= 11 is 0.615. The molecule has 0 spiro atoms. The lowest BCUT2D eigenvalue weighted by Gasteiger charge is -2.20. The van der Waals surface area contributed by atoms with E-state index in [2.05, 4.69) is 0 Å². The second kappa shape index (κ2) is 5.53. The second-order valence-electron chi connectivity index (χ2n) is 3.34. The number of rotatable bonds is 3. The summed E-state index contributed by atoms with van der Waals surface area (Å²) in [6, 6.07) is 0. The summed E-state index contributed by atoms with van der Waals surface area (Å²) < 4.78 is 10.0. The fourth-order valence-electron chi connectivity index (χ4n) is 1.83. The molecule has 0 atom stereocenters. The average Bonchev–Trinajstić information content (AvgIpc) is 2.07. The van der Waals surface area contributed by atoms with Gasteiger partial charge in [0, 0.05) is 5.37 Å². The molecule has 2 heteroatoms. The van der Waals surface area contributed by atoms with Crippen molar-refractivity contribution in [3.05, 3.63) is 0 Å². The molecule has 11 heavy (non-hydrogen) atoms. The highest BCUT2D eigenvalue weighted by Gasteiger charge is 2.11. The first-order valence-corrected chi connectivity index (χ1v) is 5.34. The molecule has 0 aromatic heterocycles. The molecule has 0 heterocycles. The summed E-state index contributed by atoms with van der Waals surface area (Å²) in [4.78, 5) is 0. The highest BCUT2D eigenvalue weighted by atomic mass is 32.1. The van der Waals surface area contributed by atoms with Crippen LogP contribution in [0.15, 0.2) is 0 Å². The Morgan fingerprint density at radius 1 is 1.27 bits per heavy atom. The van der Waals surface area contributed by atoms with Gasteiger partial charge in [-0.05, 0) is 18.8 Å². The Labute approximate surface area is 72.3 Å². The average molecular weight is 172 g/mol. The quantitative estimate of drug-likeness (QED) is 0.597. The molecule has 0 N–H and O–H groups in total. The van der Waals surface area contributed by atoms with Crippen LogP contribution in [-0.4, -0.2) is 9.58 Å². The van der Waals surface area contributed by atoms with E-state index in [1.54, 1.807) is 5.37 Å². The summed E-state index contributed by atoms with van der Waals surface area (Å²) in [5.41, 5.74) is 0. The first-order chi connectivity index (χ1) is 5.43. The fourth-order valence-corrected chi connectivity index (χ4v) is 2.06. The van der Waals surface area contributed by atoms with E-state index < -0.39 is 0 Å². The minimum Gasteiger partial charge on any atom is -0.213 e. The van der Waals surface area contributed by atoms with Gasteiger partial charge in [-0.15, -0.1) is 0 Å². The van der Waals surface area contributed by atoms with Crippen molar-refractivity contribution in [3.63, 3.8) is 0 Å². The molecule has 1 aliphatic carbocycles. The monoisotopic (exact) mass is 172 g/mol. The zero-order chi connectivity index (χ0) is 7.94. The summed E-state index contributed by atoms with van der Waals surface area (Å²) in [7, 11) is 0. The summed E-state index contributed by atoms with van der Waals surface area (Å²) in [5.74, 6) is 0.923. The van der Waals surface area contributed by atoms with Crippen molar-refractivity contribution in [1.82, 2.24) is 0 Å². The van der Waals surface area contributed by atoms with E-state index in [9.17, 15) is 4.21 Å². The molecular weight excluding hydrogens is 156 g/mol. The van der Waals surface area contributed by atoms with Crippen molar-refractivity contribution >= 4 is 16.6 Å². The van der Waals surface area contributed by atoms with Gasteiger partial charge in [0.25, 0.3) is 0 Å². The van der Waals surface area contributed by atoms with Gasteiger partial charge in [0.15, 0.2) is 0 Å². The smallest absolute Gasteiger partial charge is 0.0841 e. The Balaban J connectivity index is 2.09. The third-order valence-corrected chi connectivity index (χ3v) is 2.86. The lowest BCUT2D eigenvalue weighted by Crippen LogP contribution is -2.05. The van der Waals surface area contributed by atoms with Crippen LogP contribution in [0.2, 0.25) is 0 Å². The minimum absolute atomic E-state index is 0.615. The lowest BCUT2D eigenvalue weighted by atomic mass is 9.86. The maximum absolute atomic E-state index is 10.0. The van der Waals surface area contributed by atoms with Crippen LogP contribution >= 0.6 is 0 Å². The van der Waals surface area contributed by atoms with Crippen LogP contribution in [0.25, 0.3) is 0 Å². The van der Waals surface area contributed by atoms with Gasteiger partial charge in [-0.3, -0.25) is 0 Å². The molecular formula is C9H16OS. The van der Waals surface area contributed by atoms with Crippen LogP contribution in [0.1, 0.15) is 44.9 Å². The molecule has 1 fully saturated rings. The van der Waals surface area contributed by atoms with Crippen molar-refractivity contribution in [3.8, 4) is 0 Å². The molecule has 1 saturated carbocycles. The highest BCUT2D eigenvalue weighted by Crippen LogP contribution is 2.26. The molecule has 0 aliphatic heterocycles. The van der Waals surface area contributed by atoms with Crippen molar-refractivity contribution in [2.75, 3.05) is 0 Å². The molecule has 1 aliphatic rings. The second-order valence-corrected chi connectivity index (χ2v) is 3.87. The number of hydrogen-bond donors (Lipinski definition) is 0. The van der Waals surface area contributed by atoms with Crippen LogP contribution in [-0.2, 0) is 11.3 Å². The lowest BCUT2D eigenvalue weighted by molar-refractivity contribution is 0.344. The Bertz CT molecular complexity index is 144. The largest absolute Gasteiger partial charge is 0.213 e. The van der Waals surface area contributed by atoms with E-state index in [0.29, 0.717) is 11.3 Å². The van der Waals surface area contributed by atoms with Crippen LogP contribution < -0.4 is 0 Å². The molecule has 0 amide bonds. The Kier molecular flexibility index (Phi) is 4.51. The molecule has 1 rings (SSSR count). The topological polar surface area (TPSA) is 17.1 Å². The molecule has 0 saturated heterocycles. The molecule has 0 aromatic carbocycles. The number of hydrogen-bond acceptors (Lipinski definition) is 1.